The minimum Gasteiger partial charge on any atom is -0.481 e. The standard InChI is InChI=1S/C9H17N5O3S/c1-3-12-18(15,16)5-4-11-7-6-8(17-2)14-9(10)13-7/h6,12H,3-5H2,1-2H3,(H3,10,11,13,14). The van der Waals surface area contributed by atoms with Crippen LogP contribution in [0.15, 0.2) is 6.07 Å². The number of aromatic nitrogens is 2. The molecule has 0 atom stereocenters. The summed E-state index contributed by atoms with van der Waals surface area (Å²) >= 11 is 0. The number of hydrogen-bond donors (Lipinski definition) is 3. The molecule has 0 aliphatic rings. The first-order valence-corrected chi connectivity index (χ1v) is 7.02. The van der Waals surface area contributed by atoms with Gasteiger partial charge in [0.2, 0.25) is 21.9 Å². The monoisotopic (exact) mass is 275 g/mol. The van der Waals surface area contributed by atoms with Crippen LogP contribution in [-0.2, 0) is 10.0 Å². The van der Waals surface area contributed by atoms with Gasteiger partial charge in [0.25, 0.3) is 0 Å². The Morgan fingerprint density at radius 3 is 2.78 bits per heavy atom. The van der Waals surface area contributed by atoms with Crippen molar-refractivity contribution in [3.05, 3.63) is 6.07 Å². The van der Waals surface area contributed by atoms with Gasteiger partial charge < -0.3 is 15.8 Å². The molecule has 0 aliphatic heterocycles. The molecule has 0 spiro atoms. The normalized spacial score (nSPS) is 11.2. The molecule has 8 nitrogen and oxygen atoms in total. The van der Waals surface area contributed by atoms with Gasteiger partial charge >= 0.3 is 0 Å². The fourth-order valence-electron chi connectivity index (χ4n) is 1.24. The summed E-state index contributed by atoms with van der Waals surface area (Å²) < 4.78 is 30.1. The minimum atomic E-state index is -3.25. The van der Waals surface area contributed by atoms with Crippen LogP contribution in [0.1, 0.15) is 6.92 Å². The number of hydrogen-bond acceptors (Lipinski definition) is 7. The van der Waals surface area contributed by atoms with Gasteiger partial charge in [-0.1, -0.05) is 6.92 Å². The summed E-state index contributed by atoms with van der Waals surface area (Å²) in [6.45, 7) is 2.31. The molecule has 0 bridgehead atoms. The number of anilines is 2. The van der Waals surface area contributed by atoms with Crippen molar-refractivity contribution in [3.8, 4) is 5.88 Å². The number of methoxy groups -OCH3 is 1. The first-order valence-electron chi connectivity index (χ1n) is 5.36. The highest BCUT2D eigenvalue weighted by Crippen LogP contribution is 2.13. The lowest BCUT2D eigenvalue weighted by atomic mass is 10.5. The molecular weight excluding hydrogens is 258 g/mol. The van der Waals surface area contributed by atoms with Gasteiger partial charge in [0.1, 0.15) is 5.82 Å². The van der Waals surface area contributed by atoms with E-state index < -0.39 is 10.0 Å². The molecule has 0 amide bonds. The average Bonchev–Trinajstić information content (AvgIpc) is 2.27. The lowest BCUT2D eigenvalue weighted by Crippen LogP contribution is -2.29. The Hall–Kier alpha value is -1.61. The Balaban J connectivity index is 2.56. The fourth-order valence-corrected chi connectivity index (χ4v) is 2.20. The Morgan fingerprint density at radius 1 is 1.44 bits per heavy atom. The van der Waals surface area contributed by atoms with Gasteiger partial charge in [0, 0.05) is 19.2 Å². The third kappa shape index (κ3) is 4.72. The number of nitrogens with two attached hydrogens (primary N) is 1. The van der Waals surface area contributed by atoms with E-state index in [-0.39, 0.29) is 18.2 Å². The van der Waals surface area contributed by atoms with Gasteiger partial charge in [-0.05, 0) is 0 Å². The Morgan fingerprint density at radius 2 is 2.17 bits per heavy atom. The van der Waals surface area contributed by atoms with E-state index in [9.17, 15) is 8.42 Å². The van der Waals surface area contributed by atoms with E-state index in [1.165, 1.54) is 13.2 Å². The number of nitrogen functional groups attached to an aromatic ring is 1. The smallest absolute Gasteiger partial charge is 0.225 e. The van der Waals surface area contributed by atoms with E-state index in [0.29, 0.717) is 18.2 Å². The number of sulfonamides is 1. The third-order valence-electron chi connectivity index (χ3n) is 1.97. The zero-order chi connectivity index (χ0) is 13.6. The highest BCUT2D eigenvalue weighted by atomic mass is 32.2. The SMILES string of the molecule is CCNS(=O)(=O)CCNc1cc(OC)nc(N)n1. The van der Waals surface area contributed by atoms with Crippen molar-refractivity contribution in [3.63, 3.8) is 0 Å². The molecular formula is C9H17N5O3S. The van der Waals surface area contributed by atoms with E-state index in [0.717, 1.165) is 0 Å². The maximum atomic E-state index is 11.4. The Labute approximate surface area is 106 Å². The van der Waals surface area contributed by atoms with Crippen molar-refractivity contribution in [2.45, 2.75) is 6.92 Å². The molecule has 0 aromatic carbocycles. The van der Waals surface area contributed by atoms with Crippen LogP contribution in [0.3, 0.4) is 0 Å². The number of ether oxygens (including phenoxy) is 1. The van der Waals surface area contributed by atoms with Crippen LogP contribution in [0.5, 0.6) is 5.88 Å². The van der Waals surface area contributed by atoms with Crippen molar-refractivity contribution >= 4 is 21.8 Å². The first-order chi connectivity index (χ1) is 8.46. The van der Waals surface area contributed by atoms with Crippen molar-refractivity contribution in [1.82, 2.24) is 14.7 Å². The van der Waals surface area contributed by atoms with E-state index in [1.54, 1.807) is 6.92 Å². The van der Waals surface area contributed by atoms with Crippen LogP contribution in [0.4, 0.5) is 11.8 Å². The van der Waals surface area contributed by atoms with Gasteiger partial charge in [-0.3, -0.25) is 0 Å². The molecule has 0 unspecified atom stereocenters. The zero-order valence-electron chi connectivity index (χ0n) is 10.3. The van der Waals surface area contributed by atoms with Crippen LogP contribution in [0, 0.1) is 0 Å². The third-order valence-corrected chi connectivity index (χ3v) is 3.44. The van der Waals surface area contributed by atoms with Crippen LogP contribution in [0.2, 0.25) is 0 Å². The summed E-state index contributed by atoms with van der Waals surface area (Å²) in [6.07, 6.45) is 0. The maximum Gasteiger partial charge on any atom is 0.225 e. The number of nitrogens with zero attached hydrogens (tertiary/aromatic N) is 2. The average molecular weight is 275 g/mol. The van der Waals surface area contributed by atoms with Crippen LogP contribution < -0.4 is 20.5 Å². The quantitative estimate of drug-likeness (QED) is 0.609. The van der Waals surface area contributed by atoms with Gasteiger partial charge in [0.05, 0.1) is 12.9 Å². The molecule has 1 aromatic rings. The Bertz CT molecular complexity index is 491. The van der Waals surface area contributed by atoms with Crippen LogP contribution in [-0.4, -0.2) is 44.3 Å². The van der Waals surface area contributed by atoms with E-state index in [1.807, 2.05) is 0 Å². The van der Waals surface area contributed by atoms with E-state index in [4.69, 9.17) is 10.5 Å². The Kier molecular flexibility index (Phi) is 5.10. The summed E-state index contributed by atoms with van der Waals surface area (Å²) in [5.41, 5.74) is 5.47. The second-order valence-corrected chi connectivity index (χ2v) is 5.32. The first kappa shape index (κ1) is 14.5. The van der Waals surface area contributed by atoms with Crippen LogP contribution >= 0.6 is 0 Å². The molecule has 102 valence electrons. The summed E-state index contributed by atoms with van der Waals surface area (Å²) in [5.74, 6) is 0.754. The molecule has 9 heteroatoms. The van der Waals surface area contributed by atoms with Crippen molar-refractivity contribution < 1.29 is 13.2 Å². The maximum absolute atomic E-state index is 11.4. The van der Waals surface area contributed by atoms with E-state index in [2.05, 4.69) is 20.0 Å². The molecule has 1 aromatic heterocycles. The molecule has 0 aliphatic carbocycles. The number of rotatable bonds is 7. The summed E-state index contributed by atoms with van der Waals surface area (Å²) in [4.78, 5) is 7.72. The molecule has 0 radical (unpaired) electrons. The fraction of sp³-hybridized carbons (Fsp3) is 0.556. The lowest BCUT2D eigenvalue weighted by molar-refractivity contribution is 0.398. The summed E-state index contributed by atoms with van der Waals surface area (Å²) in [5, 5.41) is 2.84. The molecule has 0 saturated heterocycles. The molecule has 0 saturated carbocycles. The highest BCUT2D eigenvalue weighted by Gasteiger charge is 2.08. The molecule has 0 fully saturated rings. The predicted octanol–water partition coefficient (Wildman–Crippen LogP) is -0.581. The topological polar surface area (TPSA) is 119 Å². The zero-order valence-corrected chi connectivity index (χ0v) is 11.1. The van der Waals surface area contributed by atoms with Gasteiger partial charge in [-0.15, -0.1) is 0 Å². The van der Waals surface area contributed by atoms with Crippen molar-refractivity contribution in [1.29, 1.82) is 0 Å². The van der Waals surface area contributed by atoms with Crippen molar-refractivity contribution in [2.24, 2.45) is 0 Å². The second kappa shape index (κ2) is 6.36. The molecule has 4 N–H and O–H groups in total. The summed E-state index contributed by atoms with van der Waals surface area (Å²) in [6, 6.07) is 1.54. The lowest BCUT2D eigenvalue weighted by Gasteiger charge is -2.08. The predicted molar refractivity (Wildman–Crippen MR) is 68.9 cm³/mol. The van der Waals surface area contributed by atoms with Crippen molar-refractivity contribution in [2.75, 3.05) is 37.0 Å². The molecule has 1 rings (SSSR count). The van der Waals surface area contributed by atoms with Gasteiger partial charge in [0.15, 0.2) is 0 Å². The molecule has 18 heavy (non-hydrogen) atoms. The highest BCUT2D eigenvalue weighted by molar-refractivity contribution is 7.89. The minimum absolute atomic E-state index is 0.0485. The van der Waals surface area contributed by atoms with E-state index >= 15 is 0 Å². The summed E-state index contributed by atoms with van der Waals surface area (Å²) in [7, 11) is -1.79. The number of nitrogens with one attached hydrogen (secondary N) is 2. The largest absolute Gasteiger partial charge is 0.481 e. The van der Waals surface area contributed by atoms with Crippen LogP contribution in [0.25, 0.3) is 0 Å². The van der Waals surface area contributed by atoms with Gasteiger partial charge in [-0.2, -0.15) is 9.97 Å². The molecule has 1 heterocycles. The van der Waals surface area contributed by atoms with Gasteiger partial charge in [-0.25, -0.2) is 13.1 Å². The second-order valence-electron chi connectivity index (χ2n) is 3.40.